The lowest BCUT2D eigenvalue weighted by Crippen LogP contribution is -2.29. The second-order valence-electron chi connectivity index (χ2n) is 6.82. The summed E-state index contributed by atoms with van der Waals surface area (Å²) in [5, 5.41) is 23.9. The van der Waals surface area contributed by atoms with Crippen LogP contribution in [0.15, 0.2) is 24.4 Å². The van der Waals surface area contributed by atoms with Crippen molar-refractivity contribution in [2.45, 2.75) is 31.7 Å². The summed E-state index contributed by atoms with van der Waals surface area (Å²) in [5.74, 6) is -1.46. The highest BCUT2D eigenvalue weighted by atomic mass is 19.4. The van der Waals surface area contributed by atoms with E-state index in [1.165, 1.54) is 12.1 Å². The molecule has 0 saturated carbocycles. The largest absolute Gasteiger partial charge is 0.421 e. The Hall–Kier alpha value is -3.56. The van der Waals surface area contributed by atoms with E-state index in [1.54, 1.807) is 25.2 Å². The second-order valence-corrected chi connectivity index (χ2v) is 6.82. The zero-order valence-electron chi connectivity index (χ0n) is 16.2. The summed E-state index contributed by atoms with van der Waals surface area (Å²) in [4.78, 5) is 7.06. The molecule has 31 heavy (non-hydrogen) atoms. The number of hydrogen-bond acceptors (Lipinski definition) is 7. The number of nitriles is 1. The predicted molar refractivity (Wildman–Crippen MR) is 103 cm³/mol. The molecule has 0 radical (unpaired) electrons. The normalized spacial score (nSPS) is 12.1. The van der Waals surface area contributed by atoms with Gasteiger partial charge in [-0.05, 0) is 26.0 Å². The average molecular weight is 445 g/mol. The zero-order chi connectivity index (χ0) is 23.4. The third kappa shape index (κ3) is 6.46. The zero-order valence-corrected chi connectivity index (χ0v) is 16.2. The average Bonchev–Trinajstić information content (AvgIpc) is 2.65. The van der Waals surface area contributed by atoms with Gasteiger partial charge in [-0.3, -0.25) is 0 Å². The summed E-state index contributed by atoms with van der Waals surface area (Å²) in [6, 6.07) is 6.61. The highest BCUT2D eigenvalue weighted by Gasteiger charge is 2.36. The summed E-state index contributed by atoms with van der Waals surface area (Å²) in [6.07, 6.45) is -8.44. The number of nitrogens with zero attached hydrogens (tertiary/aromatic N) is 3. The standard InChI is InChI=1S/C18H17F6N7/c1-16(2,8-26)31-13-5-3-4-12(10(13)6-25)29-15-27-7-11(18(22,23)24)14(30-15)28-9-17(19,20)21/h3-7,25,31H,9H2,1-2H3,(H2,27,28,29,30). The molecule has 4 N–H and O–H groups in total. The molecule has 0 saturated heterocycles. The van der Waals surface area contributed by atoms with Crippen LogP contribution in [0.5, 0.6) is 0 Å². The van der Waals surface area contributed by atoms with E-state index in [0.29, 0.717) is 11.9 Å². The number of nitrogens with one attached hydrogen (secondary N) is 4. The van der Waals surface area contributed by atoms with Crippen molar-refractivity contribution in [1.29, 1.82) is 10.7 Å². The SMILES string of the molecule is CC(C)(C#N)Nc1cccc(Nc2ncc(C(F)(F)F)c(NCC(F)(F)F)n2)c1C=N. The molecule has 7 nitrogen and oxygen atoms in total. The summed E-state index contributed by atoms with van der Waals surface area (Å²) < 4.78 is 76.7. The van der Waals surface area contributed by atoms with Crippen LogP contribution in [0, 0.1) is 16.7 Å². The Balaban J connectivity index is 2.42. The van der Waals surface area contributed by atoms with Gasteiger partial charge >= 0.3 is 12.4 Å². The van der Waals surface area contributed by atoms with Gasteiger partial charge in [-0.15, -0.1) is 0 Å². The fourth-order valence-corrected chi connectivity index (χ4v) is 2.39. The van der Waals surface area contributed by atoms with E-state index in [-0.39, 0.29) is 11.3 Å². The summed E-state index contributed by atoms with van der Waals surface area (Å²) in [5.41, 5.74) is -1.65. The van der Waals surface area contributed by atoms with Crippen LogP contribution in [-0.4, -0.2) is 34.4 Å². The van der Waals surface area contributed by atoms with Crippen molar-refractivity contribution < 1.29 is 26.3 Å². The molecule has 1 heterocycles. The molecular formula is C18H17F6N7. The predicted octanol–water partition coefficient (Wildman–Crippen LogP) is 4.92. The number of alkyl halides is 6. The molecule has 1 aromatic heterocycles. The second kappa shape index (κ2) is 8.66. The molecule has 0 unspecified atom stereocenters. The fourth-order valence-electron chi connectivity index (χ4n) is 2.39. The Labute approximate surface area is 173 Å². The first-order valence-corrected chi connectivity index (χ1v) is 8.60. The van der Waals surface area contributed by atoms with Gasteiger partial charge in [0.15, 0.2) is 0 Å². The first kappa shape index (κ1) is 23.7. The van der Waals surface area contributed by atoms with Gasteiger partial charge in [0.25, 0.3) is 0 Å². The highest BCUT2D eigenvalue weighted by molar-refractivity contribution is 5.94. The van der Waals surface area contributed by atoms with Crippen LogP contribution in [-0.2, 0) is 6.18 Å². The van der Waals surface area contributed by atoms with Gasteiger partial charge in [-0.1, -0.05) is 6.07 Å². The van der Waals surface area contributed by atoms with E-state index < -0.39 is 41.8 Å². The van der Waals surface area contributed by atoms with Crippen LogP contribution in [0.1, 0.15) is 25.0 Å². The van der Waals surface area contributed by atoms with Crippen LogP contribution in [0.25, 0.3) is 0 Å². The minimum absolute atomic E-state index is 0.190. The maximum absolute atomic E-state index is 13.1. The smallest absolute Gasteiger partial charge is 0.367 e. The molecule has 2 rings (SSSR count). The summed E-state index contributed by atoms with van der Waals surface area (Å²) >= 11 is 0. The quantitative estimate of drug-likeness (QED) is 0.356. The molecule has 2 aromatic rings. The molecule has 0 aliphatic rings. The Morgan fingerprint density at radius 3 is 2.32 bits per heavy atom. The molecule has 166 valence electrons. The third-order valence-corrected chi connectivity index (χ3v) is 3.77. The van der Waals surface area contributed by atoms with Gasteiger partial charge in [0.2, 0.25) is 5.95 Å². The minimum Gasteiger partial charge on any atom is -0.367 e. The van der Waals surface area contributed by atoms with Crippen molar-refractivity contribution in [2.24, 2.45) is 0 Å². The highest BCUT2D eigenvalue weighted by Crippen LogP contribution is 2.35. The van der Waals surface area contributed by atoms with Crippen LogP contribution in [0.2, 0.25) is 0 Å². The lowest BCUT2D eigenvalue weighted by Gasteiger charge is -2.22. The molecule has 0 fully saturated rings. The molecule has 0 aliphatic heterocycles. The Morgan fingerprint density at radius 1 is 1.13 bits per heavy atom. The molecule has 0 spiro atoms. The molecule has 0 aliphatic carbocycles. The summed E-state index contributed by atoms with van der Waals surface area (Å²) in [6.45, 7) is 1.47. The van der Waals surface area contributed by atoms with E-state index in [1.807, 2.05) is 6.07 Å². The van der Waals surface area contributed by atoms with Gasteiger partial charge < -0.3 is 21.4 Å². The van der Waals surface area contributed by atoms with Crippen molar-refractivity contribution in [3.8, 4) is 6.07 Å². The number of halogens is 6. The summed E-state index contributed by atoms with van der Waals surface area (Å²) in [7, 11) is 0. The first-order valence-electron chi connectivity index (χ1n) is 8.60. The molecule has 0 atom stereocenters. The lowest BCUT2D eigenvalue weighted by molar-refractivity contribution is -0.138. The van der Waals surface area contributed by atoms with E-state index in [9.17, 15) is 26.3 Å². The van der Waals surface area contributed by atoms with Crippen molar-refractivity contribution in [1.82, 2.24) is 9.97 Å². The monoisotopic (exact) mass is 445 g/mol. The molecule has 0 bridgehead atoms. The third-order valence-electron chi connectivity index (χ3n) is 3.77. The van der Waals surface area contributed by atoms with E-state index >= 15 is 0 Å². The topological polar surface area (TPSA) is 110 Å². The van der Waals surface area contributed by atoms with Crippen molar-refractivity contribution in [3.63, 3.8) is 0 Å². The lowest BCUT2D eigenvalue weighted by atomic mass is 10.0. The Bertz CT molecular complexity index is 992. The maximum atomic E-state index is 13.1. The number of aromatic nitrogens is 2. The maximum Gasteiger partial charge on any atom is 0.421 e. The Kier molecular flexibility index (Phi) is 6.63. The number of rotatable bonds is 7. The van der Waals surface area contributed by atoms with E-state index in [4.69, 9.17) is 10.7 Å². The van der Waals surface area contributed by atoms with E-state index in [2.05, 4.69) is 20.6 Å². The minimum atomic E-state index is -4.97. The number of hydrogen-bond donors (Lipinski definition) is 4. The molecular weight excluding hydrogens is 428 g/mol. The molecule has 13 heteroatoms. The number of benzene rings is 1. The number of anilines is 4. The van der Waals surface area contributed by atoms with Crippen LogP contribution in [0.3, 0.4) is 0 Å². The van der Waals surface area contributed by atoms with Gasteiger partial charge in [0.05, 0.1) is 11.8 Å². The van der Waals surface area contributed by atoms with Crippen molar-refractivity contribution >= 4 is 29.4 Å². The van der Waals surface area contributed by atoms with Gasteiger partial charge in [0.1, 0.15) is 23.5 Å². The van der Waals surface area contributed by atoms with Crippen molar-refractivity contribution in [2.75, 3.05) is 22.5 Å². The van der Waals surface area contributed by atoms with Crippen molar-refractivity contribution in [3.05, 3.63) is 35.5 Å². The van der Waals surface area contributed by atoms with Gasteiger partial charge in [-0.2, -0.15) is 36.6 Å². The van der Waals surface area contributed by atoms with E-state index in [0.717, 1.165) is 6.21 Å². The molecule has 0 amide bonds. The fraction of sp³-hybridized carbons (Fsp3) is 0.333. The van der Waals surface area contributed by atoms with Crippen LogP contribution < -0.4 is 16.0 Å². The van der Waals surface area contributed by atoms with Gasteiger partial charge in [-0.25, -0.2) is 4.98 Å². The Morgan fingerprint density at radius 2 is 1.77 bits per heavy atom. The first-order chi connectivity index (χ1) is 14.3. The van der Waals surface area contributed by atoms with Crippen LogP contribution >= 0.6 is 0 Å². The van der Waals surface area contributed by atoms with Gasteiger partial charge in [0, 0.05) is 23.7 Å². The molecule has 1 aromatic carbocycles. The van der Waals surface area contributed by atoms with Crippen LogP contribution in [0.4, 0.5) is 49.5 Å².